The Bertz CT molecular complexity index is 590. The van der Waals surface area contributed by atoms with Crippen LogP contribution in [0.5, 0.6) is 0 Å². The molecule has 2 atom stereocenters. The lowest BCUT2D eigenvalue weighted by molar-refractivity contribution is -0.687. The van der Waals surface area contributed by atoms with Gasteiger partial charge in [0.05, 0.1) is 18.9 Å². The summed E-state index contributed by atoms with van der Waals surface area (Å²) in [5.74, 6) is -0.989. The number of carbonyl (C=O) groups is 2. The summed E-state index contributed by atoms with van der Waals surface area (Å²) in [5.41, 5.74) is 3.87. The number of nitrogens with one attached hydrogen (secondary N) is 1. The molecule has 1 aromatic carbocycles. The summed E-state index contributed by atoms with van der Waals surface area (Å²) in [6.07, 6.45) is 4.31. The molecule has 0 spiro atoms. The van der Waals surface area contributed by atoms with Gasteiger partial charge in [0.2, 0.25) is 5.91 Å². The number of aliphatic carboxylic acids is 1. The number of quaternary nitrogens is 1. The standard InChI is InChI=1S/C21H34N2O3/c1-6-8-9-17(7-2)13-22-18(21(25)26)12-19(24)23-20-15(4)10-14(3)11-16(20)5/h10-11,17-18,22H,6-9,12-13H2,1-5H3,(H,23,24)(H,25,26)/t17-,18+/m1/s1. The summed E-state index contributed by atoms with van der Waals surface area (Å²) in [6.45, 7) is 10.9. The maximum Gasteiger partial charge on any atom is 0.230 e. The second-order valence-corrected chi connectivity index (χ2v) is 7.34. The molecule has 0 aromatic heterocycles. The second-order valence-electron chi connectivity index (χ2n) is 7.34. The maximum absolute atomic E-state index is 12.4. The van der Waals surface area contributed by atoms with E-state index in [1.165, 1.54) is 0 Å². The Hall–Kier alpha value is -1.88. The largest absolute Gasteiger partial charge is 0.544 e. The van der Waals surface area contributed by atoms with E-state index < -0.39 is 12.0 Å². The van der Waals surface area contributed by atoms with E-state index in [4.69, 9.17) is 0 Å². The lowest BCUT2D eigenvalue weighted by Gasteiger charge is -2.20. The quantitative estimate of drug-likeness (QED) is 0.630. The van der Waals surface area contributed by atoms with Crippen molar-refractivity contribution < 1.29 is 20.0 Å². The number of nitrogens with two attached hydrogens (primary N) is 1. The van der Waals surface area contributed by atoms with Gasteiger partial charge in [0, 0.05) is 11.6 Å². The van der Waals surface area contributed by atoms with Gasteiger partial charge in [-0.2, -0.15) is 0 Å². The molecule has 3 N–H and O–H groups in total. The summed E-state index contributed by atoms with van der Waals surface area (Å²) in [5, 5.41) is 16.1. The molecule has 0 unspecified atom stereocenters. The topological polar surface area (TPSA) is 85.8 Å². The van der Waals surface area contributed by atoms with Gasteiger partial charge in [-0.3, -0.25) is 4.79 Å². The molecule has 0 bridgehead atoms. The number of amides is 1. The number of rotatable bonds is 11. The first kappa shape index (κ1) is 22.2. The number of unbranched alkanes of at least 4 members (excludes halogenated alkanes) is 1. The lowest BCUT2D eigenvalue weighted by Crippen LogP contribution is -2.94. The minimum atomic E-state index is -1.18. The third-order valence-electron chi connectivity index (χ3n) is 4.95. The van der Waals surface area contributed by atoms with Crippen molar-refractivity contribution in [3.05, 3.63) is 28.8 Å². The van der Waals surface area contributed by atoms with Crippen molar-refractivity contribution in [3.8, 4) is 0 Å². The number of hydrogen-bond acceptors (Lipinski definition) is 3. The highest BCUT2D eigenvalue weighted by Crippen LogP contribution is 2.22. The molecule has 0 radical (unpaired) electrons. The molecule has 0 aliphatic heterocycles. The molecule has 146 valence electrons. The average molecular weight is 363 g/mol. The SMILES string of the molecule is CCCC[C@@H](CC)C[NH2+][C@@H](CC(=O)Nc1c(C)cc(C)cc1C)C(=O)[O-]. The summed E-state index contributed by atoms with van der Waals surface area (Å²) < 4.78 is 0. The number of carboxylic acid groups (broad SMARTS) is 1. The Kier molecular flexibility index (Phi) is 9.35. The molecule has 0 fully saturated rings. The molecule has 0 saturated heterocycles. The van der Waals surface area contributed by atoms with Crippen LogP contribution in [0.4, 0.5) is 5.69 Å². The molecule has 26 heavy (non-hydrogen) atoms. The number of hydrogen-bond donors (Lipinski definition) is 2. The second kappa shape index (κ2) is 11.0. The van der Waals surface area contributed by atoms with Crippen LogP contribution in [0.3, 0.4) is 0 Å². The smallest absolute Gasteiger partial charge is 0.230 e. The maximum atomic E-state index is 12.4. The van der Waals surface area contributed by atoms with Crippen LogP contribution in [-0.2, 0) is 9.59 Å². The molecule has 5 nitrogen and oxygen atoms in total. The van der Waals surface area contributed by atoms with E-state index in [1.54, 1.807) is 5.32 Å². The van der Waals surface area contributed by atoms with Crippen molar-refractivity contribution in [3.63, 3.8) is 0 Å². The number of carboxylic acids is 1. The molecule has 1 amide bonds. The molecule has 0 saturated carbocycles. The molecular formula is C21H34N2O3. The van der Waals surface area contributed by atoms with Crippen molar-refractivity contribution in [1.29, 1.82) is 0 Å². The molecule has 0 heterocycles. The van der Waals surface area contributed by atoms with Gasteiger partial charge in [0.25, 0.3) is 0 Å². The monoisotopic (exact) mass is 362 g/mol. The van der Waals surface area contributed by atoms with Crippen LogP contribution in [0, 0.1) is 26.7 Å². The minimum Gasteiger partial charge on any atom is -0.544 e. The Morgan fingerprint density at radius 3 is 2.27 bits per heavy atom. The van der Waals surface area contributed by atoms with Crippen LogP contribution in [0.25, 0.3) is 0 Å². The number of benzene rings is 1. The predicted octanol–water partition coefficient (Wildman–Crippen LogP) is 1.84. The van der Waals surface area contributed by atoms with Gasteiger partial charge in [0.15, 0.2) is 0 Å². The van der Waals surface area contributed by atoms with Gasteiger partial charge in [-0.05, 0) is 44.7 Å². The number of carbonyl (C=O) groups excluding carboxylic acids is 2. The van der Waals surface area contributed by atoms with Crippen LogP contribution in [0.1, 0.15) is 62.6 Å². The van der Waals surface area contributed by atoms with Crippen LogP contribution in [-0.4, -0.2) is 24.5 Å². The zero-order valence-electron chi connectivity index (χ0n) is 16.9. The average Bonchev–Trinajstić information content (AvgIpc) is 2.56. The highest BCUT2D eigenvalue weighted by Gasteiger charge is 2.21. The fourth-order valence-corrected chi connectivity index (χ4v) is 3.37. The van der Waals surface area contributed by atoms with Gasteiger partial charge in [0.1, 0.15) is 6.04 Å². The van der Waals surface area contributed by atoms with Gasteiger partial charge < -0.3 is 20.5 Å². The molecule has 1 rings (SSSR count). The van der Waals surface area contributed by atoms with Crippen LogP contribution < -0.4 is 15.7 Å². The van der Waals surface area contributed by atoms with Crippen molar-refractivity contribution in [2.24, 2.45) is 5.92 Å². The summed E-state index contributed by atoms with van der Waals surface area (Å²) in [6, 6.07) is 3.16. The fraction of sp³-hybridized carbons (Fsp3) is 0.619. The van der Waals surface area contributed by atoms with E-state index in [-0.39, 0.29) is 12.3 Å². The molecule has 0 aliphatic rings. The van der Waals surface area contributed by atoms with Gasteiger partial charge in [-0.15, -0.1) is 0 Å². The Labute approximate surface area is 157 Å². The van der Waals surface area contributed by atoms with Crippen LogP contribution in [0.2, 0.25) is 0 Å². The highest BCUT2D eigenvalue weighted by molar-refractivity contribution is 5.94. The minimum absolute atomic E-state index is 0.0840. The van der Waals surface area contributed by atoms with Crippen LogP contribution in [0.15, 0.2) is 12.1 Å². The van der Waals surface area contributed by atoms with Crippen LogP contribution >= 0.6 is 0 Å². The molecule has 0 aliphatic carbocycles. The van der Waals surface area contributed by atoms with Gasteiger partial charge >= 0.3 is 0 Å². The molecule has 1 aromatic rings. The fourth-order valence-electron chi connectivity index (χ4n) is 3.37. The zero-order valence-corrected chi connectivity index (χ0v) is 16.9. The predicted molar refractivity (Wildman–Crippen MR) is 103 cm³/mol. The van der Waals surface area contributed by atoms with E-state index in [0.717, 1.165) is 48.1 Å². The number of anilines is 1. The molecule has 5 heteroatoms. The van der Waals surface area contributed by atoms with Gasteiger partial charge in [-0.25, -0.2) is 0 Å². The first-order valence-corrected chi connectivity index (χ1v) is 9.70. The summed E-state index contributed by atoms with van der Waals surface area (Å²) in [7, 11) is 0. The lowest BCUT2D eigenvalue weighted by atomic mass is 9.99. The van der Waals surface area contributed by atoms with Crippen molar-refractivity contribution >= 4 is 17.6 Å². The summed E-state index contributed by atoms with van der Waals surface area (Å²) in [4.78, 5) is 23.8. The van der Waals surface area contributed by atoms with E-state index >= 15 is 0 Å². The molecular weight excluding hydrogens is 328 g/mol. The van der Waals surface area contributed by atoms with Crippen molar-refractivity contribution in [1.82, 2.24) is 0 Å². The third-order valence-corrected chi connectivity index (χ3v) is 4.95. The third kappa shape index (κ3) is 7.16. The first-order valence-electron chi connectivity index (χ1n) is 9.70. The Morgan fingerprint density at radius 2 is 1.77 bits per heavy atom. The van der Waals surface area contributed by atoms with E-state index in [2.05, 4.69) is 19.2 Å². The van der Waals surface area contributed by atoms with Crippen molar-refractivity contribution in [2.75, 3.05) is 11.9 Å². The number of aryl methyl sites for hydroxylation is 3. The summed E-state index contributed by atoms with van der Waals surface area (Å²) >= 11 is 0. The Morgan fingerprint density at radius 1 is 1.15 bits per heavy atom. The highest BCUT2D eigenvalue weighted by atomic mass is 16.4. The van der Waals surface area contributed by atoms with Gasteiger partial charge in [-0.1, -0.05) is 44.4 Å². The van der Waals surface area contributed by atoms with E-state index in [9.17, 15) is 14.7 Å². The van der Waals surface area contributed by atoms with E-state index in [0.29, 0.717) is 12.5 Å². The van der Waals surface area contributed by atoms with Crippen molar-refractivity contribution in [2.45, 2.75) is 72.8 Å². The Balaban J connectivity index is 2.67. The first-order chi connectivity index (χ1) is 12.3. The zero-order chi connectivity index (χ0) is 19.7. The van der Waals surface area contributed by atoms with E-state index in [1.807, 2.05) is 32.9 Å². The normalized spacial score (nSPS) is 13.3.